The first-order valence-corrected chi connectivity index (χ1v) is 13.1. The molecule has 0 saturated carbocycles. The summed E-state index contributed by atoms with van der Waals surface area (Å²) in [6, 6.07) is 10.4. The quantitative estimate of drug-likeness (QED) is 0.598. The van der Waals surface area contributed by atoms with E-state index in [1.165, 1.54) is 12.1 Å². The Kier molecular flexibility index (Phi) is 5.26. The largest absolute Gasteiger partial charge is 0.544 e. The number of carbonyl (C=O) groups is 1. The van der Waals surface area contributed by atoms with Crippen molar-refractivity contribution in [3.63, 3.8) is 0 Å². The summed E-state index contributed by atoms with van der Waals surface area (Å²) in [4.78, 5) is 12.4. The molecule has 7 heteroatoms. The number of phenolic OH excluding ortho intramolecular Hbond substituents is 1. The van der Waals surface area contributed by atoms with Gasteiger partial charge in [0, 0.05) is 11.0 Å². The lowest BCUT2D eigenvalue weighted by Crippen LogP contribution is -2.30. The van der Waals surface area contributed by atoms with Crippen LogP contribution in [0.25, 0.3) is 0 Å². The third kappa shape index (κ3) is 4.31. The van der Waals surface area contributed by atoms with Gasteiger partial charge in [0.1, 0.15) is 11.5 Å². The van der Waals surface area contributed by atoms with E-state index in [1.807, 2.05) is 38.7 Å². The maximum absolute atomic E-state index is 13.3. The monoisotopic (exact) mass is 402 g/mol. The van der Waals surface area contributed by atoms with Crippen molar-refractivity contribution >= 4 is 25.1 Å². The van der Waals surface area contributed by atoms with E-state index >= 15 is 0 Å². The minimum Gasteiger partial charge on any atom is -0.544 e. The first-order chi connectivity index (χ1) is 12.7. The van der Waals surface area contributed by atoms with Crippen molar-refractivity contribution in [3.8, 4) is 11.5 Å². The number of hydrogen-bond acceptors (Lipinski definition) is 5. The fourth-order valence-electron chi connectivity index (χ4n) is 2.76. The van der Waals surface area contributed by atoms with Crippen LogP contribution in [0.3, 0.4) is 0 Å². The maximum atomic E-state index is 13.3. The van der Waals surface area contributed by atoms with Crippen LogP contribution in [0.4, 0.5) is 0 Å². The van der Waals surface area contributed by atoms with Gasteiger partial charge >= 0.3 is 5.97 Å². The zero-order chi connectivity index (χ0) is 19.8. The van der Waals surface area contributed by atoms with Gasteiger partial charge in [-0.2, -0.15) is 0 Å². The summed E-state index contributed by atoms with van der Waals surface area (Å²) >= 11 is 0. The molecule has 0 fully saturated rings. The van der Waals surface area contributed by atoms with Crippen molar-refractivity contribution in [2.24, 2.45) is 0 Å². The molecule has 1 heterocycles. The minimum atomic E-state index is -2.00. The SMILES string of the molecule is Cc1ccc(S(=O)c2c(O)ccc(O[Si](C)(C)C)c2[C@H]2C=CC(=O)O2)cc1. The molecule has 142 valence electrons. The summed E-state index contributed by atoms with van der Waals surface area (Å²) in [7, 11) is -3.67. The number of esters is 1. The third-order valence-corrected chi connectivity index (χ3v) is 6.24. The highest BCUT2D eigenvalue weighted by Crippen LogP contribution is 2.42. The van der Waals surface area contributed by atoms with Crippen molar-refractivity contribution in [2.45, 2.75) is 42.5 Å². The van der Waals surface area contributed by atoms with Crippen molar-refractivity contribution in [1.82, 2.24) is 0 Å². The molecule has 0 aromatic heterocycles. The first-order valence-electron chi connectivity index (χ1n) is 8.58. The van der Waals surface area contributed by atoms with E-state index in [9.17, 15) is 14.1 Å². The molecule has 1 aliphatic heterocycles. The Morgan fingerprint density at radius 2 is 1.78 bits per heavy atom. The van der Waals surface area contributed by atoms with Gasteiger partial charge in [0.15, 0.2) is 6.10 Å². The number of cyclic esters (lactones) is 1. The predicted octanol–water partition coefficient (Wildman–Crippen LogP) is 4.24. The van der Waals surface area contributed by atoms with Crippen LogP contribution in [-0.4, -0.2) is 23.6 Å². The second-order valence-electron chi connectivity index (χ2n) is 7.34. The van der Waals surface area contributed by atoms with Crippen LogP contribution in [0, 0.1) is 6.92 Å². The van der Waals surface area contributed by atoms with Gasteiger partial charge in [-0.25, -0.2) is 9.00 Å². The predicted molar refractivity (Wildman–Crippen MR) is 106 cm³/mol. The molecule has 2 aromatic carbocycles. The van der Waals surface area contributed by atoms with Crippen LogP contribution in [0.1, 0.15) is 17.2 Å². The molecular formula is C20H22O5SSi. The van der Waals surface area contributed by atoms with Gasteiger partial charge in [0.2, 0.25) is 8.32 Å². The van der Waals surface area contributed by atoms with E-state index in [-0.39, 0.29) is 10.6 Å². The normalized spacial score (nSPS) is 17.6. The molecule has 0 radical (unpaired) electrons. The molecule has 1 unspecified atom stereocenters. The van der Waals surface area contributed by atoms with Gasteiger partial charge in [-0.1, -0.05) is 17.7 Å². The fraction of sp³-hybridized carbons (Fsp3) is 0.250. The lowest BCUT2D eigenvalue weighted by atomic mass is 10.1. The molecule has 0 amide bonds. The summed E-state index contributed by atoms with van der Waals surface area (Å²) in [6.45, 7) is 8.02. The smallest absolute Gasteiger partial charge is 0.331 e. The van der Waals surface area contributed by atoms with Crippen molar-refractivity contribution in [1.29, 1.82) is 0 Å². The van der Waals surface area contributed by atoms with E-state index in [4.69, 9.17) is 9.16 Å². The van der Waals surface area contributed by atoms with Crippen LogP contribution in [0.2, 0.25) is 19.6 Å². The lowest BCUT2D eigenvalue weighted by Gasteiger charge is -2.25. The number of aryl methyl sites for hydroxylation is 1. The molecule has 5 nitrogen and oxygen atoms in total. The van der Waals surface area contributed by atoms with E-state index in [1.54, 1.807) is 24.3 Å². The molecule has 27 heavy (non-hydrogen) atoms. The zero-order valence-electron chi connectivity index (χ0n) is 15.7. The number of benzene rings is 2. The molecule has 0 spiro atoms. The van der Waals surface area contributed by atoms with Crippen molar-refractivity contribution in [3.05, 3.63) is 59.7 Å². The van der Waals surface area contributed by atoms with Gasteiger partial charge in [-0.15, -0.1) is 0 Å². The number of aromatic hydroxyl groups is 1. The van der Waals surface area contributed by atoms with E-state index < -0.39 is 31.2 Å². The molecule has 2 atom stereocenters. The Hall–Kier alpha value is -2.38. The van der Waals surface area contributed by atoms with Crippen LogP contribution in [-0.2, 0) is 20.3 Å². The van der Waals surface area contributed by atoms with E-state index in [0.717, 1.165) is 5.56 Å². The Morgan fingerprint density at radius 1 is 1.11 bits per heavy atom. The average Bonchev–Trinajstić information content (AvgIpc) is 3.01. The number of phenols is 1. The first kappa shape index (κ1) is 19.4. The van der Waals surface area contributed by atoms with E-state index in [0.29, 0.717) is 16.2 Å². The summed E-state index contributed by atoms with van der Waals surface area (Å²) in [5.41, 5.74) is 1.47. The maximum Gasteiger partial charge on any atom is 0.331 e. The number of ether oxygens (including phenoxy) is 1. The summed E-state index contributed by atoms with van der Waals surface area (Å²) < 4.78 is 24.8. The standard InChI is InChI=1S/C20H22O5SSi/c1-13-5-7-14(8-6-13)26(23)20-15(21)9-10-17(25-27(2,3)4)19(20)16-11-12-18(22)24-16/h5-12,16,21H,1-4H3/t16-,26?/m1/s1. The molecule has 2 aromatic rings. The molecule has 0 aliphatic carbocycles. The number of hydrogen-bond donors (Lipinski definition) is 1. The van der Waals surface area contributed by atoms with Gasteiger partial charge in [0.25, 0.3) is 0 Å². The van der Waals surface area contributed by atoms with Crippen LogP contribution in [0.15, 0.2) is 58.3 Å². The van der Waals surface area contributed by atoms with Gasteiger partial charge in [0.05, 0.1) is 21.3 Å². The molecular weight excluding hydrogens is 380 g/mol. The Bertz CT molecular complexity index is 929. The molecule has 0 bridgehead atoms. The minimum absolute atomic E-state index is 0.122. The summed E-state index contributed by atoms with van der Waals surface area (Å²) in [6.07, 6.45) is 2.16. The highest BCUT2D eigenvalue weighted by molar-refractivity contribution is 7.85. The molecule has 1 N–H and O–H groups in total. The van der Waals surface area contributed by atoms with Crippen LogP contribution >= 0.6 is 0 Å². The highest BCUT2D eigenvalue weighted by atomic mass is 32.2. The van der Waals surface area contributed by atoms with Crippen LogP contribution in [0.5, 0.6) is 11.5 Å². The van der Waals surface area contributed by atoms with E-state index in [2.05, 4.69) is 0 Å². The topological polar surface area (TPSA) is 72.8 Å². The average molecular weight is 403 g/mol. The zero-order valence-corrected chi connectivity index (χ0v) is 17.5. The van der Waals surface area contributed by atoms with Gasteiger partial charge in [-0.3, -0.25) is 0 Å². The second-order valence-corrected chi connectivity index (χ2v) is 13.2. The Labute approximate surface area is 162 Å². The fourth-order valence-corrected chi connectivity index (χ4v) is 4.89. The van der Waals surface area contributed by atoms with Crippen LogP contribution < -0.4 is 4.43 Å². The second kappa shape index (κ2) is 7.32. The summed E-state index contributed by atoms with van der Waals surface area (Å²) in [5.74, 6) is -0.121. The molecule has 1 aliphatic rings. The molecule has 0 saturated heterocycles. The lowest BCUT2D eigenvalue weighted by molar-refractivity contribution is -0.138. The third-order valence-electron chi connectivity index (χ3n) is 3.91. The Balaban J connectivity index is 2.17. The van der Waals surface area contributed by atoms with Crippen molar-refractivity contribution < 1.29 is 23.3 Å². The highest BCUT2D eigenvalue weighted by Gasteiger charge is 2.32. The number of carbonyl (C=O) groups excluding carboxylic acids is 1. The van der Waals surface area contributed by atoms with Crippen molar-refractivity contribution in [2.75, 3.05) is 0 Å². The Morgan fingerprint density at radius 3 is 2.33 bits per heavy atom. The van der Waals surface area contributed by atoms with Gasteiger partial charge in [-0.05, 0) is 56.9 Å². The summed E-state index contributed by atoms with van der Waals surface area (Å²) in [5, 5.41) is 10.5. The number of rotatable bonds is 5. The van der Waals surface area contributed by atoms with Gasteiger partial charge < -0.3 is 14.3 Å². The molecule has 3 rings (SSSR count).